The van der Waals surface area contributed by atoms with E-state index < -0.39 is 17.2 Å². The number of methoxy groups -OCH3 is 1. The normalized spacial score (nSPS) is 11.2. The Kier molecular flexibility index (Phi) is 9.24. The van der Waals surface area contributed by atoms with Crippen molar-refractivity contribution < 1.29 is 14.3 Å². The van der Waals surface area contributed by atoms with Gasteiger partial charge in [-0.15, -0.1) is 0 Å². The predicted octanol–water partition coefficient (Wildman–Crippen LogP) is 3.05. The number of aromatic amines is 1. The first-order valence-electron chi connectivity index (χ1n) is 11.7. The van der Waals surface area contributed by atoms with Crippen molar-refractivity contribution in [2.45, 2.75) is 27.0 Å². The van der Waals surface area contributed by atoms with Gasteiger partial charge in [-0.1, -0.05) is 56.3 Å². The van der Waals surface area contributed by atoms with Gasteiger partial charge in [0.05, 0.1) is 6.61 Å². The highest BCUT2D eigenvalue weighted by atomic mass is 16.5. The van der Waals surface area contributed by atoms with Crippen LogP contribution in [-0.2, 0) is 22.7 Å². The Balaban J connectivity index is 1.79. The van der Waals surface area contributed by atoms with Crippen molar-refractivity contribution in [3.63, 3.8) is 0 Å². The highest BCUT2D eigenvalue weighted by molar-refractivity contribution is 6.05. The molecule has 0 aliphatic heterocycles. The Bertz CT molecular complexity index is 1290. The molecular formula is C27H32N4O5. The molecule has 0 aliphatic rings. The number of benzene rings is 2. The molecule has 0 saturated heterocycles. The van der Waals surface area contributed by atoms with Crippen molar-refractivity contribution in [2.75, 3.05) is 30.9 Å². The fourth-order valence-electron chi connectivity index (χ4n) is 3.57. The Morgan fingerprint density at radius 3 is 2.44 bits per heavy atom. The van der Waals surface area contributed by atoms with Crippen LogP contribution in [0.2, 0.25) is 0 Å². The number of nitrogens with one attached hydrogen (secondary N) is 1. The zero-order valence-electron chi connectivity index (χ0n) is 20.8. The molecule has 36 heavy (non-hydrogen) atoms. The van der Waals surface area contributed by atoms with Gasteiger partial charge < -0.3 is 15.2 Å². The molecule has 3 N–H and O–H groups in total. The second-order valence-electron chi connectivity index (χ2n) is 8.66. The minimum absolute atomic E-state index is 0.0600. The van der Waals surface area contributed by atoms with E-state index in [1.165, 1.54) is 22.7 Å². The first-order valence-corrected chi connectivity index (χ1v) is 11.7. The van der Waals surface area contributed by atoms with Crippen molar-refractivity contribution in [1.29, 1.82) is 0 Å². The summed E-state index contributed by atoms with van der Waals surface area (Å²) < 4.78 is 12.2. The van der Waals surface area contributed by atoms with Crippen molar-refractivity contribution in [1.82, 2.24) is 9.55 Å². The van der Waals surface area contributed by atoms with Gasteiger partial charge in [-0.3, -0.25) is 24.0 Å². The van der Waals surface area contributed by atoms with E-state index in [4.69, 9.17) is 15.2 Å². The third-order valence-corrected chi connectivity index (χ3v) is 5.36. The van der Waals surface area contributed by atoms with Crippen LogP contribution in [0.1, 0.15) is 25.0 Å². The van der Waals surface area contributed by atoms with E-state index in [-0.39, 0.29) is 30.6 Å². The molecule has 1 aromatic heterocycles. The zero-order valence-corrected chi connectivity index (χ0v) is 20.8. The van der Waals surface area contributed by atoms with Crippen LogP contribution in [0, 0.1) is 5.92 Å². The third kappa shape index (κ3) is 6.96. The van der Waals surface area contributed by atoms with Crippen LogP contribution in [0.3, 0.4) is 0 Å². The monoisotopic (exact) mass is 492 g/mol. The van der Waals surface area contributed by atoms with Crippen LogP contribution in [0.25, 0.3) is 6.08 Å². The molecular weight excluding hydrogens is 460 g/mol. The third-order valence-electron chi connectivity index (χ3n) is 5.36. The molecule has 9 heteroatoms. The lowest BCUT2D eigenvalue weighted by molar-refractivity contribution is -0.114. The summed E-state index contributed by atoms with van der Waals surface area (Å²) in [6.45, 7) is 4.86. The lowest BCUT2D eigenvalue weighted by atomic mass is 10.2. The Labute approximate surface area is 209 Å². The van der Waals surface area contributed by atoms with Gasteiger partial charge in [-0.25, -0.2) is 4.79 Å². The molecule has 3 aromatic rings. The van der Waals surface area contributed by atoms with E-state index in [9.17, 15) is 14.4 Å². The quantitative estimate of drug-likeness (QED) is 0.397. The summed E-state index contributed by atoms with van der Waals surface area (Å²) >= 11 is 0. The minimum atomic E-state index is -0.727. The van der Waals surface area contributed by atoms with Gasteiger partial charge in [0.15, 0.2) is 5.69 Å². The van der Waals surface area contributed by atoms with Gasteiger partial charge in [0.2, 0.25) is 0 Å². The molecule has 2 aromatic carbocycles. The topological polar surface area (TPSA) is 120 Å². The molecule has 0 fully saturated rings. The summed E-state index contributed by atoms with van der Waals surface area (Å²) in [5.74, 6) is 0.279. The highest BCUT2D eigenvalue weighted by Gasteiger charge is 2.23. The van der Waals surface area contributed by atoms with Crippen LogP contribution in [0.5, 0.6) is 5.75 Å². The molecule has 0 radical (unpaired) electrons. The fourth-order valence-corrected chi connectivity index (χ4v) is 3.57. The predicted molar refractivity (Wildman–Crippen MR) is 141 cm³/mol. The number of nitrogens with two attached hydrogens (primary N) is 1. The number of carbonyl (C=O) groups excluding carboxylic acids is 1. The van der Waals surface area contributed by atoms with E-state index in [0.717, 1.165) is 11.1 Å². The number of anilines is 2. The van der Waals surface area contributed by atoms with E-state index >= 15 is 0 Å². The molecule has 0 atom stereocenters. The average Bonchev–Trinajstić information content (AvgIpc) is 2.86. The smallest absolute Gasteiger partial charge is 0.330 e. The summed E-state index contributed by atoms with van der Waals surface area (Å²) in [6, 6.07) is 17.1. The van der Waals surface area contributed by atoms with Gasteiger partial charge in [-0.2, -0.15) is 0 Å². The van der Waals surface area contributed by atoms with Crippen molar-refractivity contribution in [3.8, 4) is 5.75 Å². The summed E-state index contributed by atoms with van der Waals surface area (Å²) in [5, 5.41) is 0. The van der Waals surface area contributed by atoms with E-state index in [1.807, 2.05) is 68.4 Å². The molecule has 0 unspecified atom stereocenters. The Morgan fingerprint density at radius 1 is 1.11 bits per heavy atom. The summed E-state index contributed by atoms with van der Waals surface area (Å²) in [6.07, 6.45) is 2.99. The molecule has 0 saturated carbocycles. The van der Waals surface area contributed by atoms with Crippen molar-refractivity contribution in [3.05, 3.63) is 92.6 Å². The van der Waals surface area contributed by atoms with Gasteiger partial charge in [0.25, 0.3) is 11.5 Å². The second kappa shape index (κ2) is 12.6. The number of aromatic nitrogens is 2. The van der Waals surface area contributed by atoms with Gasteiger partial charge in [0, 0.05) is 26.3 Å². The Hall–Kier alpha value is -4.11. The number of carbonyl (C=O) groups is 1. The molecule has 0 aliphatic carbocycles. The van der Waals surface area contributed by atoms with E-state index in [1.54, 1.807) is 6.08 Å². The summed E-state index contributed by atoms with van der Waals surface area (Å²) in [5.41, 5.74) is 6.63. The lowest BCUT2D eigenvalue weighted by Crippen LogP contribution is -2.42. The highest BCUT2D eigenvalue weighted by Crippen LogP contribution is 2.19. The van der Waals surface area contributed by atoms with Crippen LogP contribution in [-0.4, -0.2) is 35.7 Å². The SMILES string of the molecule is COCCN(C(=O)/C=C/c1ccc(OCc2ccccc2)cc1)c1c(N)n(CC(C)C)c(=O)[nH]c1=O. The number of amides is 1. The minimum Gasteiger partial charge on any atom is -0.489 e. The maximum absolute atomic E-state index is 13.1. The summed E-state index contributed by atoms with van der Waals surface area (Å²) in [4.78, 5) is 41.6. The Morgan fingerprint density at radius 2 is 1.81 bits per heavy atom. The maximum atomic E-state index is 13.1. The first-order chi connectivity index (χ1) is 17.3. The first kappa shape index (κ1) is 26.5. The molecule has 1 amide bonds. The van der Waals surface area contributed by atoms with E-state index in [0.29, 0.717) is 18.9 Å². The molecule has 0 spiro atoms. The number of nitrogen functional groups attached to an aromatic ring is 1. The zero-order chi connectivity index (χ0) is 26.1. The molecule has 0 bridgehead atoms. The second-order valence-corrected chi connectivity index (χ2v) is 8.66. The number of hydrogen-bond donors (Lipinski definition) is 2. The van der Waals surface area contributed by atoms with Crippen molar-refractivity contribution in [2.24, 2.45) is 5.92 Å². The number of ether oxygens (including phenoxy) is 2. The molecule has 9 nitrogen and oxygen atoms in total. The van der Waals surface area contributed by atoms with Crippen molar-refractivity contribution >= 4 is 23.5 Å². The standard InChI is InChI=1S/C27H32N4O5/c1-19(2)17-31-25(28)24(26(33)29-27(31)34)30(15-16-35-3)23(32)14-11-20-9-12-22(13-10-20)36-18-21-7-5-4-6-8-21/h4-14,19H,15-18,28H2,1-3H3,(H,29,33,34)/b14-11+. The van der Waals surface area contributed by atoms with Crippen LogP contribution in [0.4, 0.5) is 11.5 Å². The number of rotatable bonds is 11. The summed E-state index contributed by atoms with van der Waals surface area (Å²) in [7, 11) is 1.49. The van der Waals surface area contributed by atoms with Gasteiger partial charge in [0.1, 0.15) is 18.2 Å². The fraction of sp³-hybridized carbons (Fsp3) is 0.296. The van der Waals surface area contributed by atoms with Crippen LogP contribution < -0.4 is 26.6 Å². The molecule has 190 valence electrons. The van der Waals surface area contributed by atoms with Crippen LogP contribution in [0.15, 0.2) is 70.3 Å². The van der Waals surface area contributed by atoms with Crippen LogP contribution >= 0.6 is 0 Å². The van der Waals surface area contributed by atoms with Gasteiger partial charge in [-0.05, 0) is 35.3 Å². The van der Waals surface area contributed by atoms with Gasteiger partial charge >= 0.3 is 5.69 Å². The molecule has 3 rings (SSSR count). The lowest BCUT2D eigenvalue weighted by Gasteiger charge is -2.23. The number of nitrogens with zero attached hydrogens (tertiary/aromatic N) is 2. The number of H-pyrrole nitrogens is 1. The molecule has 1 heterocycles. The van der Waals surface area contributed by atoms with E-state index in [2.05, 4.69) is 4.98 Å². The number of hydrogen-bond acceptors (Lipinski definition) is 6. The average molecular weight is 493 g/mol. The maximum Gasteiger partial charge on any atom is 0.330 e. The largest absolute Gasteiger partial charge is 0.489 e.